The van der Waals surface area contributed by atoms with Crippen molar-refractivity contribution in [3.63, 3.8) is 0 Å². The van der Waals surface area contributed by atoms with Crippen LogP contribution in [-0.2, 0) is 0 Å². The molecule has 1 N–H and O–H groups in total. The first-order valence-electron chi connectivity index (χ1n) is 7.74. The number of nitrogens with one attached hydrogen (secondary N) is 1. The summed E-state index contributed by atoms with van der Waals surface area (Å²) in [5.41, 5.74) is 0.593. The maximum absolute atomic E-state index is 13.3. The topological polar surface area (TPSA) is 58.1 Å². The molecule has 0 aliphatic carbocycles. The average Bonchev–Trinajstić information content (AvgIpc) is 2.54. The Hall–Kier alpha value is -2.57. The molecule has 0 atom stereocenters. The Morgan fingerprint density at radius 1 is 1.21 bits per heavy atom. The van der Waals surface area contributed by atoms with Crippen LogP contribution in [0.2, 0.25) is 0 Å². The highest BCUT2D eigenvalue weighted by atomic mass is 19.2. The molecular formula is C17H20F2N4O. The lowest BCUT2D eigenvalue weighted by molar-refractivity contribution is 0.0787. The first-order valence-corrected chi connectivity index (χ1v) is 7.74. The summed E-state index contributed by atoms with van der Waals surface area (Å²) in [6.45, 7) is 4.36. The zero-order valence-corrected chi connectivity index (χ0v) is 13.9. The largest absolute Gasteiger partial charge is 0.340 e. The minimum atomic E-state index is -0.957. The van der Waals surface area contributed by atoms with Crippen molar-refractivity contribution < 1.29 is 13.6 Å². The second-order valence-corrected chi connectivity index (χ2v) is 5.52. The van der Waals surface area contributed by atoms with Crippen molar-refractivity contribution in [1.29, 1.82) is 0 Å². The van der Waals surface area contributed by atoms with E-state index in [-0.39, 0.29) is 11.6 Å². The van der Waals surface area contributed by atoms with Crippen LogP contribution in [0.15, 0.2) is 24.3 Å². The summed E-state index contributed by atoms with van der Waals surface area (Å²) in [5.74, 6) is -1.33. The average molecular weight is 334 g/mol. The molecule has 24 heavy (non-hydrogen) atoms. The van der Waals surface area contributed by atoms with Gasteiger partial charge in [0.25, 0.3) is 5.91 Å². The minimum Gasteiger partial charge on any atom is -0.340 e. The molecule has 5 nitrogen and oxygen atoms in total. The number of nitrogens with zero attached hydrogens (tertiary/aromatic N) is 3. The summed E-state index contributed by atoms with van der Waals surface area (Å²) in [6.07, 6.45) is 1.90. The first kappa shape index (κ1) is 17.8. The molecule has 1 heterocycles. The normalized spacial score (nSPS) is 10.5. The molecule has 0 saturated heterocycles. The SMILES string of the molecule is CCCCN(C)C(=O)c1cc(Nc2ccc(F)c(F)c2)nc(C)n1. The van der Waals surface area contributed by atoms with Gasteiger partial charge in [-0.2, -0.15) is 0 Å². The Morgan fingerprint density at radius 3 is 2.62 bits per heavy atom. The Bertz CT molecular complexity index is 737. The summed E-state index contributed by atoms with van der Waals surface area (Å²) in [5, 5.41) is 2.86. The lowest BCUT2D eigenvalue weighted by Crippen LogP contribution is -2.28. The Balaban J connectivity index is 2.21. The number of hydrogen-bond acceptors (Lipinski definition) is 4. The van der Waals surface area contributed by atoms with E-state index in [0.29, 0.717) is 23.9 Å². The van der Waals surface area contributed by atoms with Gasteiger partial charge in [0, 0.05) is 31.4 Å². The summed E-state index contributed by atoms with van der Waals surface area (Å²) >= 11 is 0. The number of rotatable bonds is 6. The van der Waals surface area contributed by atoms with E-state index in [4.69, 9.17) is 0 Å². The number of unbranched alkanes of at least 4 members (excludes halogenated alkanes) is 1. The standard InChI is InChI=1S/C17H20F2N4O/c1-4-5-8-23(3)17(24)15-10-16(21-11(2)20-15)22-12-6-7-13(18)14(19)9-12/h6-7,9-10H,4-5,8H2,1-3H3,(H,20,21,22). The minimum absolute atomic E-state index is 0.206. The molecule has 1 aromatic heterocycles. The number of carbonyl (C=O) groups is 1. The fraction of sp³-hybridized carbons (Fsp3) is 0.353. The van der Waals surface area contributed by atoms with Crippen LogP contribution in [-0.4, -0.2) is 34.4 Å². The summed E-state index contributed by atoms with van der Waals surface area (Å²) in [7, 11) is 1.72. The van der Waals surface area contributed by atoms with Gasteiger partial charge in [-0.15, -0.1) is 0 Å². The van der Waals surface area contributed by atoms with Gasteiger partial charge in [0.05, 0.1) is 0 Å². The molecule has 0 aliphatic heterocycles. The van der Waals surface area contributed by atoms with Crippen LogP contribution < -0.4 is 5.32 Å². The summed E-state index contributed by atoms with van der Waals surface area (Å²) in [4.78, 5) is 22.3. The number of amides is 1. The van der Waals surface area contributed by atoms with Crippen molar-refractivity contribution >= 4 is 17.4 Å². The number of hydrogen-bond donors (Lipinski definition) is 1. The van der Waals surface area contributed by atoms with E-state index in [2.05, 4.69) is 22.2 Å². The summed E-state index contributed by atoms with van der Waals surface area (Å²) in [6, 6.07) is 4.95. The molecule has 1 amide bonds. The molecule has 0 bridgehead atoms. The van der Waals surface area contributed by atoms with Gasteiger partial charge in [-0.05, 0) is 25.5 Å². The zero-order chi connectivity index (χ0) is 17.7. The first-order chi connectivity index (χ1) is 11.4. The molecule has 0 unspecified atom stereocenters. The fourth-order valence-electron chi connectivity index (χ4n) is 2.16. The molecule has 1 aromatic carbocycles. The van der Waals surface area contributed by atoms with E-state index in [9.17, 15) is 13.6 Å². The number of anilines is 2. The number of benzene rings is 1. The second kappa shape index (κ2) is 7.81. The second-order valence-electron chi connectivity index (χ2n) is 5.52. The van der Waals surface area contributed by atoms with Gasteiger partial charge in [0.1, 0.15) is 17.3 Å². The van der Waals surface area contributed by atoms with E-state index >= 15 is 0 Å². The summed E-state index contributed by atoms with van der Waals surface area (Å²) < 4.78 is 26.3. The monoisotopic (exact) mass is 334 g/mol. The van der Waals surface area contributed by atoms with Crippen molar-refractivity contribution in [3.8, 4) is 0 Å². The van der Waals surface area contributed by atoms with E-state index in [0.717, 1.165) is 25.0 Å². The third-order valence-electron chi connectivity index (χ3n) is 3.44. The van der Waals surface area contributed by atoms with Crippen molar-refractivity contribution in [3.05, 3.63) is 47.4 Å². The predicted molar refractivity (Wildman–Crippen MR) is 88.3 cm³/mol. The van der Waals surface area contributed by atoms with Crippen molar-refractivity contribution in [2.45, 2.75) is 26.7 Å². The number of aromatic nitrogens is 2. The lowest BCUT2D eigenvalue weighted by atomic mass is 10.2. The third kappa shape index (κ3) is 4.47. The molecule has 128 valence electrons. The smallest absolute Gasteiger partial charge is 0.272 e. The lowest BCUT2D eigenvalue weighted by Gasteiger charge is -2.17. The maximum Gasteiger partial charge on any atom is 0.272 e. The van der Waals surface area contributed by atoms with Crippen LogP contribution in [0.3, 0.4) is 0 Å². The third-order valence-corrected chi connectivity index (χ3v) is 3.44. The van der Waals surface area contributed by atoms with E-state index in [1.807, 2.05) is 0 Å². The molecule has 0 radical (unpaired) electrons. The molecule has 2 rings (SSSR count). The number of halogens is 2. The highest BCUT2D eigenvalue weighted by Gasteiger charge is 2.15. The van der Waals surface area contributed by atoms with Crippen LogP contribution in [0.4, 0.5) is 20.3 Å². The van der Waals surface area contributed by atoms with Gasteiger partial charge in [-0.1, -0.05) is 13.3 Å². The van der Waals surface area contributed by atoms with Crippen molar-refractivity contribution in [2.24, 2.45) is 0 Å². The molecule has 0 spiro atoms. The van der Waals surface area contributed by atoms with E-state index < -0.39 is 11.6 Å². The van der Waals surface area contributed by atoms with Gasteiger partial charge < -0.3 is 10.2 Å². The highest BCUT2D eigenvalue weighted by molar-refractivity contribution is 5.93. The Labute approximate surface area is 139 Å². The molecule has 0 saturated carbocycles. The molecular weight excluding hydrogens is 314 g/mol. The Kier molecular flexibility index (Phi) is 5.78. The van der Waals surface area contributed by atoms with Crippen molar-refractivity contribution in [1.82, 2.24) is 14.9 Å². The van der Waals surface area contributed by atoms with Crippen LogP contribution in [0.5, 0.6) is 0 Å². The predicted octanol–water partition coefficient (Wildman–Crippen LogP) is 3.68. The van der Waals surface area contributed by atoms with Crippen LogP contribution >= 0.6 is 0 Å². The van der Waals surface area contributed by atoms with Crippen molar-refractivity contribution in [2.75, 3.05) is 18.9 Å². The molecule has 0 aliphatic rings. The van der Waals surface area contributed by atoms with Crippen LogP contribution in [0.1, 0.15) is 36.1 Å². The van der Waals surface area contributed by atoms with E-state index in [1.54, 1.807) is 18.9 Å². The Morgan fingerprint density at radius 2 is 1.96 bits per heavy atom. The number of carbonyl (C=O) groups excluding carboxylic acids is 1. The van der Waals surface area contributed by atoms with Gasteiger partial charge in [0.15, 0.2) is 11.6 Å². The zero-order valence-electron chi connectivity index (χ0n) is 13.9. The molecule has 0 fully saturated rings. The number of aryl methyl sites for hydroxylation is 1. The quantitative estimate of drug-likeness (QED) is 0.875. The van der Waals surface area contributed by atoms with E-state index in [1.165, 1.54) is 12.1 Å². The highest BCUT2D eigenvalue weighted by Crippen LogP contribution is 2.18. The fourth-order valence-corrected chi connectivity index (χ4v) is 2.16. The van der Waals surface area contributed by atoms with Gasteiger partial charge in [-0.3, -0.25) is 4.79 Å². The van der Waals surface area contributed by atoms with Gasteiger partial charge in [-0.25, -0.2) is 18.7 Å². The maximum atomic E-state index is 13.3. The van der Waals surface area contributed by atoms with Crippen LogP contribution in [0, 0.1) is 18.6 Å². The molecule has 2 aromatic rings. The van der Waals surface area contributed by atoms with Crippen LogP contribution in [0.25, 0.3) is 0 Å². The molecule has 7 heteroatoms. The van der Waals surface area contributed by atoms with Gasteiger partial charge in [0.2, 0.25) is 0 Å². The van der Waals surface area contributed by atoms with Gasteiger partial charge >= 0.3 is 0 Å².